The normalized spacial score (nSPS) is 26.1. The zero-order valence-electron chi connectivity index (χ0n) is 19.7. The number of nitrogens with zero attached hydrogens (tertiary/aromatic N) is 2. The molecule has 0 unspecified atom stereocenters. The summed E-state index contributed by atoms with van der Waals surface area (Å²) in [6.45, 7) is 1.97. The van der Waals surface area contributed by atoms with Crippen LogP contribution in [0.1, 0.15) is 56.9 Å². The molecule has 8 nitrogen and oxygen atoms in total. The van der Waals surface area contributed by atoms with Crippen molar-refractivity contribution in [3.05, 3.63) is 35.5 Å². The molecule has 182 valence electrons. The monoisotopic (exact) mass is 468 g/mol. The van der Waals surface area contributed by atoms with Gasteiger partial charge in [0.25, 0.3) is 0 Å². The molecule has 2 fully saturated rings. The highest BCUT2D eigenvalue weighted by Crippen LogP contribution is 2.50. The Morgan fingerprint density at radius 3 is 2.71 bits per heavy atom. The van der Waals surface area contributed by atoms with E-state index in [-0.39, 0.29) is 31.0 Å². The first kappa shape index (κ1) is 22.7. The first-order chi connectivity index (χ1) is 16.5. The predicted molar refractivity (Wildman–Crippen MR) is 123 cm³/mol. The maximum Gasteiger partial charge on any atom is 0.317 e. The zero-order valence-corrected chi connectivity index (χ0v) is 19.7. The molecule has 34 heavy (non-hydrogen) atoms. The van der Waals surface area contributed by atoms with Gasteiger partial charge in [-0.1, -0.05) is 18.6 Å². The first-order valence-corrected chi connectivity index (χ1v) is 12.3. The molecule has 0 bridgehead atoms. The molecule has 2 atom stereocenters. The van der Waals surface area contributed by atoms with Gasteiger partial charge in [0.1, 0.15) is 5.41 Å². The van der Waals surface area contributed by atoms with E-state index in [1.54, 1.807) is 4.90 Å². The lowest BCUT2D eigenvalue weighted by Crippen LogP contribution is -2.53. The number of hydrogen-bond acceptors (Lipinski definition) is 6. The Morgan fingerprint density at radius 2 is 1.91 bits per heavy atom. The topological polar surface area (TPSA) is 85.4 Å². The fraction of sp³-hybridized carbons (Fsp3) is 0.577. The molecule has 0 aromatic heterocycles. The second-order valence-corrected chi connectivity index (χ2v) is 9.71. The van der Waals surface area contributed by atoms with Crippen molar-refractivity contribution in [2.24, 2.45) is 11.3 Å². The van der Waals surface area contributed by atoms with Crippen molar-refractivity contribution in [2.45, 2.75) is 57.9 Å². The van der Waals surface area contributed by atoms with Gasteiger partial charge in [-0.05, 0) is 56.2 Å². The van der Waals surface area contributed by atoms with Gasteiger partial charge in [0.2, 0.25) is 18.6 Å². The smallest absolute Gasteiger partial charge is 0.317 e. The fourth-order valence-electron chi connectivity index (χ4n) is 5.89. The van der Waals surface area contributed by atoms with Crippen molar-refractivity contribution in [1.29, 1.82) is 0 Å². The molecule has 5 rings (SSSR count). The summed E-state index contributed by atoms with van der Waals surface area (Å²) in [6.07, 6.45) is 7.72. The molecule has 4 aliphatic rings. The van der Waals surface area contributed by atoms with Gasteiger partial charge in [-0.3, -0.25) is 14.4 Å². The van der Waals surface area contributed by atoms with E-state index in [0.717, 1.165) is 56.5 Å². The number of hydrogen-bond donors (Lipinski definition) is 0. The lowest BCUT2D eigenvalue weighted by molar-refractivity contribution is -0.160. The van der Waals surface area contributed by atoms with Gasteiger partial charge < -0.3 is 24.0 Å². The molecule has 1 aliphatic carbocycles. The van der Waals surface area contributed by atoms with Gasteiger partial charge >= 0.3 is 5.97 Å². The summed E-state index contributed by atoms with van der Waals surface area (Å²) in [7, 11) is 1.41. The average molecular weight is 469 g/mol. The van der Waals surface area contributed by atoms with E-state index in [1.807, 2.05) is 29.2 Å². The zero-order chi connectivity index (χ0) is 23.7. The van der Waals surface area contributed by atoms with Crippen molar-refractivity contribution in [3.8, 4) is 11.5 Å². The van der Waals surface area contributed by atoms with E-state index in [2.05, 4.69) is 0 Å². The summed E-state index contributed by atoms with van der Waals surface area (Å²) >= 11 is 0. The molecular formula is C26H32N2O6. The number of carbonyl (C=O) groups is 3. The summed E-state index contributed by atoms with van der Waals surface area (Å²) < 4.78 is 16.2. The van der Waals surface area contributed by atoms with E-state index in [1.165, 1.54) is 7.11 Å². The summed E-state index contributed by atoms with van der Waals surface area (Å²) in [5, 5.41) is 0. The highest BCUT2D eigenvalue weighted by molar-refractivity contribution is 5.92. The minimum absolute atomic E-state index is 0.0000492. The van der Waals surface area contributed by atoms with E-state index in [0.29, 0.717) is 30.9 Å². The van der Waals surface area contributed by atoms with Crippen LogP contribution < -0.4 is 9.47 Å². The minimum Gasteiger partial charge on any atom is -0.468 e. The molecule has 0 N–H and O–H groups in total. The molecule has 0 spiro atoms. The molecule has 1 aromatic rings. The Kier molecular flexibility index (Phi) is 6.23. The highest BCUT2D eigenvalue weighted by Gasteiger charge is 2.54. The quantitative estimate of drug-likeness (QED) is 0.616. The van der Waals surface area contributed by atoms with Crippen molar-refractivity contribution >= 4 is 17.8 Å². The maximum atomic E-state index is 13.8. The van der Waals surface area contributed by atoms with Crippen LogP contribution >= 0.6 is 0 Å². The summed E-state index contributed by atoms with van der Waals surface area (Å²) in [6, 6.07) is 5.64. The van der Waals surface area contributed by atoms with Crippen LogP contribution in [0.4, 0.5) is 0 Å². The number of allylic oxidation sites excluding steroid dienone is 1. The van der Waals surface area contributed by atoms with E-state index in [4.69, 9.17) is 14.2 Å². The van der Waals surface area contributed by atoms with Crippen molar-refractivity contribution in [3.63, 3.8) is 0 Å². The predicted octanol–water partition coefficient (Wildman–Crippen LogP) is 3.39. The highest BCUT2D eigenvalue weighted by atomic mass is 16.7. The Labute approximate surface area is 199 Å². The van der Waals surface area contributed by atoms with Crippen molar-refractivity contribution in [1.82, 2.24) is 9.80 Å². The van der Waals surface area contributed by atoms with Crippen LogP contribution in [0.5, 0.6) is 11.5 Å². The van der Waals surface area contributed by atoms with Gasteiger partial charge in [0.05, 0.1) is 13.7 Å². The Balaban J connectivity index is 1.49. The average Bonchev–Trinajstić information content (AvgIpc) is 3.50. The number of methoxy groups -OCH3 is 1. The van der Waals surface area contributed by atoms with Crippen molar-refractivity contribution < 1.29 is 28.6 Å². The third-order valence-corrected chi connectivity index (χ3v) is 7.62. The van der Waals surface area contributed by atoms with Crippen LogP contribution in [0.15, 0.2) is 30.0 Å². The third-order valence-electron chi connectivity index (χ3n) is 7.62. The van der Waals surface area contributed by atoms with Crippen LogP contribution in [-0.4, -0.2) is 54.6 Å². The Bertz CT molecular complexity index is 1010. The molecule has 2 saturated heterocycles. The SMILES string of the molecule is COC(=O)[C@]12CCCCC=C1N(Cc1ccc3c(c1)OCO3)C(=O)[C@H](CC(=O)N1CCCC1)C2. The van der Waals surface area contributed by atoms with Gasteiger partial charge in [0, 0.05) is 31.1 Å². The fourth-order valence-corrected chi connectivity index (χ4v) is 5.89. The number of rotatable bonds is 5. The third kappa shape index (κ3) is 4.03. The van der Waals surface area contributed by atoms with Gasteiger partial charge in [-0.2, -0.15) is 0 Å². The summed E-state index contributed by atoms with van der Waals surface area (Å²) in [5.41, 5.74) is 0.697. The second kappa shape index (κ2) is 9.31. The number of carbonyl (C=O) groups excluding carboxylic acids is 3. The first-order valence-electron chi connectivity index (χ1n) is 12.3. The molecule has 3 heterocycles. The summed E-state index contributed by atoms with van der Waals surface area (Å²) in [5.74, 6) is 0.356. The standard InChI is InChI=1S/C26H32N2O6/c1-32-25(31)26-10-4-2-3-7-22(26)28(16-18-8-9-20-21(13-18)34-17-33-20)24(30)19(15-26)14-23(29)27-11-5-6-12-27/h7-9,13,19H,2-6,10-12,14-17H2,1H3/t19-,26+/m1/s1. The van der Waals surface area contributed by atoms with Crippen LogP contribution in [0.3, 0.4) is 0 Å². The Morgan fingerprint density at radius 1 is 1.12 bits per heavy atom. The molecular weight excluding hydrogens is 436 g/mol. The second-order valence-electron chi connectivity index (χ2n) is 9.71. The maximum absolute atomic E-state index is 13.8. The number of piperidine rings is 1. The van der Waals surface area contributed by atoms with Gasteiger partial charge in [0.15, 0.2) is 11.5 Å². The number of ether oxygens (including phenoxy) is 3. The van der Waals surface area contributed by atoms with Crippen LogP contribution in [0.25, 0.3) is 0 Å². The number of amides is 2. The molecule has 0 saturated carbocycles. The van der Waals surface area contributed by atoms with E-state index >= 15 is 0 Å². The largest absolute Gasteiger partial charge is 0.468 e. The molecule has 1 aromatic carbocycles. The number of fused-ring (bicyclic) bond motifs is 2. The molecule has 2 amide bonds. The van der Waals surface area contributed by atoms with Crippen LogP contribution in [-0.2, 0) is 25.7 Å². The number of esters is 1. The van der Waals surface area contributed by atoms with E-state index < -0.39 is 11.3 Å². The lowest BCUT2D eigenvalue weighted by atomic mass is 9.69. The Hall–Kier alpha value is -3.03. The molecule has 3 aliphatic heterocycles. The number of likely N-dealkylation sites (tertiary alicyclic amines) is 2. The van der Waals surface area contributed by atoms with E-state index in [9.17, 15) is 14.4 Å². The van der Waals surface area contributed by atoms with Gasteiger partial charge in [-0.15, -0.1) is 0 Å². The molecule has 8 heteroatoms. The van der Waals surface area contributed by atoms with Crippen molar-refractivity contribution in [2.75, 3.05) is 27.0 Å². The number of benzene rings is 1. The minimum atomic E-state index is -0.911. The van der Waals surface area contributed by atoms with Crippen LogP contribution in [0.2, 0.25) is 0 Å². The molecule has 0 radical (unpaired) electrons. The lowest BCUT2D eigenvalue weighted by Gasteiger charge is -2.46. The van der Waals surface area contributed by atoms with Crippen LogP contribution in [0, 0.1) is 11.3 Å². The summed E-state index contributed by atoms with van der Waals surface area (Å²) in [4.78, 5) is 43.7. The van der Waals surface area contributed by atoms with Gasteiger partial charge in [-0.25, -0.2) is 0 Å².